The van der Waals surface area contributed by atoms with E-state index in [2.05, 4.69) is 15.3 Å². The summed E-state index contributed by atoms with van der Waals surface area (Å²) < 4.78 is 51.0. The van der Waals surface area contributed by atoms with Crippen LogP contribution in [0.3, 0.4) is 0 Å². The number of alkyl halides is 2. The van der Waals surface area contributed by atoms with Crippen molar-refractivity contribution in [3.8, 4) is 11.6 Å². The minimum absolute atomic E-state index is 0.251. The van der Waals surface area contributed by atoms with Crippen molar-refractivity contribution in [3.63, 3.8) is 0 Å². The van der Waals surface area contributed by atoms with Crippen LogP contribution in [0.15, 0.2) is 48.0 Å². The van der Waals surface area contributed by atoms with Gasteiger partial charge in [0.05, 0.1) is 9.73 Å². The van der Waals surface area contributed by atoms with E-state index in [9.17, 15) is 22.9 Å². The van der Waals surface area contributed by atoms with E-state index in [4.69, 9.17) is 9.52 Å². The molecule has 3 N–H and O–H groups in total. The molecule has 2 atom stereocenters. The predicted molar refractivity (Wildman–Crippen MR) is 97.5 cm³/mol. The maximum absolute atomic E-state index is 13.6. The molecule has 150 valence electrons. The maximum atomic E-state index is 13.6. The first-order valence-corrected chi connectivity index (χ1v) is 9.88. The second kappa shape index (κ2) is 8.40. The number of hydrogen-bond acceptors (Lipinski definition) is 7. The normalized spacial score (nSPS) is 15.0. The second-order valence-corrected chi connectivity index (χ2v) is 7.95. The average molecular weight is 412 g/mol. The van der Waals surface area contributed by atoms with Crippen LogP contribution in [0.4, 0.5) is 8.78 Å². The molecule has 28 heavy (non-hydrogen) atoms. The monoisotopic (exact) mass is 412 g/mol. The number of amides is 1. The number of rotatable bonds is 7. The molecule has 0 spiro atoms. The summed E-state index contributed by atoms with van der Waals surface area (Å²) in [5.41, 5.74) is -0.299. The number of ether oxygens (including phenoxy) is 1. The molecule has 2 aromatic rings. The molecule has 11 heteroatoms. The summed E-state index contributed by atoms with van der Waals surface area (Å²) in [6, 6.07) is 8.08. The summed E-state index contributed by atoms with van der Waals surface area (Å²) in [5, 5.41) is 12.8. The Labute approximate surface area is 160 Å². The van der Waals surface area contributed by atoms with Crippen molar-refractivity contribution in [1.29, 1.82) is 4.78 Å². The number of benzene rings is 1. The number of para-hydroxylation sites is 1. The molecular weight excluding hydrogens is 394 g/mol. The van der Waals surface area contributed by atoms with E-state index in [-0.39, 0.29) is 11.3 Å². The number of aliphatic hydroxyl groups excluding tert-OH is 1. The van der Waals surface area contributed by atoms with Gasteiger partial charge in [-0.3, -0.25) is 4.79 Å². The summed E-state index contributed by atoms with van der Waals surface area (Å²) in [7, 11) is -3.02. The van der Waals surface area contributed by atoms with Gasteiger partial charge >= 0.3 is 5.92 Å². The number of nitrogens with one attached hydrogen (secondary N) is 2. The van der Waals surface area contributed by atoms with Crippen LogP contribution < -0.4 is 10.1 Å². The van der Waals surface area contributed by atoms with Crippen molar-refractivity contribution in [2.24, 2.45) is 0 Å². The van der Waals surface area contributed by atoms with Crippen molar-refractivity contribution < 1.29 is 27.6 Å². The third-order valence-corrected chi connectivity index (χ3v) is 3.82. The standard InChI is InChI=1S/C17H18F2N4O4S/c1-17(18,19)16-21-10-12(14(25)22-13(24)8-9-28(2,20)26)15(23-16)27-11-6-4-3-5-7-11/h3-10,13,20,24H,1-2H3,(H,22,25)/b9-8+/t13-,28?/m1/s1. The molecule has 0 aliphatic rings. The van der Waals surface area contributed by atoms with Gasteiger partial charge in [-0.15, -0.1) is 0 Å². The largest absolute Gasteiger partial charge is 0.438 e. The molecule has 1 aromatic heterocycles. The number of carbonyl (C=O) groups excluding carboxylic acids is 1. The van der Waals surface area contributed by atoms with Gasteiger partial charge in [-0.05, 0) is 18.2 Å². The van der Waals surface area contributed by atoms with Crippen molar-refractivity contribution in [2.75, 3.05) is 6.26 Å². The van der Waals surface area contributed by atoms with Gasteiger partial charge in [0.25, 0.3) is 5.91 Å². The van der Waals surface area contributed by atoms with Crippen LogP contribution in [0.5, 0.6) is 11.6 Å². The SMILES string of the molecule is CC(F)(F)c1ncc(C(=O)N[C@H](O)/C=C/S(C)(=N)=O)c(Oc2ccccc2)n1. The molecule has 0 fully saturated rings. The van der Waals surface area contributed by atoms with Crippen molar-refractivity contribution in [1.82, 2.24) is 15.3 Å². The van der Waals surface area contributed by atoms with E-state index in [0.29, 0.717) is 6.92 Å². The number of hydrogen-bond donors (Lipinski definition) is 3. The van der Waals surface area contributed by atoms with E-state index in [1.165, 1.54) is 12.1 Å². The summed E-state index contributed by atoms with van der Waals surface area (Å²) in [6.45, 7) is 0.603. The van der Waals surface area contributed by atoms with Gasteiger partial charge in [0.1, 0.15) is 17.5 Å². The molecule has 1 amide bonds. The Morgan fingerprint density at radius 2 is 2.04 bits per heavy atom. The smallest absolute Gasteiger partial charge is 0.303 e. The number of aromatic nitrogens is 2. The van der Waals surface area contributed by atoms with E-state index < -0.39 is 39.5 Å². The highest BCUT2D eigenvalue weighted by atomic mass is 32.2. The molecule has 0 bridgehead atoms. The fourth-order valence-corrected chi connectivity index (χ4v) is 2.34. The number of halogens is 2. The Balaban J connectivity index is 2.33. The first-order chi connectivity index (χ1) is 13.0. The van der Waals surface area contributed by atoms with Crippen molar-refractivity contribution in [2.45, 2.75) is 19.1 Å². The van der Waals surface area contributed by atoms with E-state index >= 15 is 0 Å². The quantitative estimate of drug-likeness (QED) is 0.601. The summed E-state index contributed by atoms with van der Waals surface area (Å²) in [6.07, 6.45) is 1.37. The van der Waals surface area contributed by atoms with Crippen LogP contribution in [0.25, 0.3) is 0 Å². The van der Waals surface area contributed by atoms with Crippen LogP contribution in [0.1, 0.15) is 23.1 Å². The lowest BCUT2D eigenvalue weighted by molar-refractivity contribution is 0.00705. The number of carbonyl (C=O) groups is 1. The second-order valence-electron chi connectivity index (χ2n) is 5.87. The van der Waals surface area contributed by atoms with Gasteiger partial charge < -0.3 is 15.2 Å². The zero-order valence-electron chi connectivity index (χ0n) is 14.9. The molecule has 0 aliphatic carbocycles. The van der Waals surface area contributed by atoms with Crippen LogP contribution in [-0.4, -0.2) is 37.7 Å². The summed E-state index contributed by atoms with van der Waals surface area (Å²) >= 11 is 0. The molecule has 1 heterocycles. The highest BCUT2D eigenvalue weighted by Crippen LogP contribution is 2.28. The third kappa shape index (κ3) is 6.35. The Hall–Kier alpha value is -2.92. The van der Waals surface area contributed by atoms with Crippen LogP contribution in [0, 0.1) is 4.78 Å². The summed E-state index contributed by atoms with van der Waals surface area (Å²) in [4.78, 5) is 19.5. The lowest BCUT2D eigenvalue weighted by Crippen LogP contribution is -2.34. The van der Waals surface area contributed by atoms with Gasteiger partial charge in [0.2, 0.25) is 11.7 Å². The highest BCUT2D eigenvalue weighted by Gasteiger charge is 2.30. The Kier molecular flexibility index (Phi) is 6.41. The molecule has 0 saturated carbocycles. The van der Waals surface area contributed by atoms with Crippen LogP contribution in [-0.2, 0) is 15.7 Å². The highest BCUT2D eigenvalue weighted by molar-refractivity contribution is 7.94. The number of aliphatic hydroxyl groups is 1. The molecule has 1 aromatic carbocycles. The fraction of sp³-hybridized carbons (Fsp3) is 0.235. The first kappa shape index (κ1) is 21.4. The van der Waals surface area contributed by atoms with Gasteiger partial charge in [-0.1, -0.05) is 18.2 Å². The van der Waals surface area contributed by atoms with Crippen LogP contribution >= 0.6 is 0 Å². The molecule has 0 saturated heterocycles. The number of nitrogens with zero attached hydrogens (tertiary/aromatic N) is 2. The minimum Gasteiger partial charge on any atom is -0.438 e. The zero-order chi connectivity index (χ0) is 20.9. The Bertz CT molecular complexity index is 976. The third-order valence-electron chi connectivity index (χ3n) is 3.15. The molecule has 2 rings (SSSR count). The topological polar surface area (TPSA) is 125 Å². The lowest BCUT2D eigenvalue weighted by Gasteiger charge is -2.15. The van der Waals surface area contributed by atoms with E-state index in [1.807, 2.05) is 0 Å². The van der Waals surface area contributed by atoms with Gasteiger partial charge in [-0.25, -0.2) is 14.0 Å². The van der Waals surface area contributed by atoms with Crippen molar-refractivity contribution in [3.05, 3.63) is 59.4 Å². The molecule has 1 unspecified atom stereocenters. The van der Waals surface area contributed by atoms with Crippen LogP contribution in [0.2, 0.25) is 0 Å². The Morgan fingerprint density at radius 3 is 2.61 bits per heavy atom. The molecule has 0 aliphatic heterocycles. The van der Waals surface area contributed by atoms with E-state index in [0.717, 1.165) is 23.9 Å². The molecule has 8 nitrogen and oxygen atoms in total. The first-order valence-electron chi connectivity index (χ1n) is 7.85. The van der Waals surface area contributed by atoms with Gasteiger partial charge in [0.15, 0.2) is 0 Å². The average Bonchev–Trinajstić information content (AvgIpc) is 2.59. The zero-order valence-corrected chi connectivity index (χ0v) is 15.7. The summed E-state index contributed by atoms with van der Waals surface area (Å²) in [5.74, 6) is -5.29. The molecular formula is C17H18F2N4O4S. The van der Waals surface area contributed by atoms with E-state index in [1.54, 1.807) is 18.2 Å². The fourth-order valence-electron chi connectivity index (χ4n) is 1.90. The maximum Gasteiger partial charge on any atom is 0.303 e. The lowest BCUT2D eigenvalue weighted by atomic mass is 10.2. The minimum atomic E-state index is -3.36. The predicted octanol–water partition coefficient (Wildman–Crippen LogP) is 2.62. The molecule has 0 radical (unpaired) electrons. The van der Waals surface area contributed by atoms with Crippen molar-refractivity contribution >= 4 is 15.6 Å². The van der Waals surface area contributed by atoms with Gasteiger partial charge in [0, 0.05) is 24.8 Å². The van der Waals surface area contributed by atoms with Gasteiger partial charge in [-0.2, -0.15) is 13.8 Å². The Morgan fingerprint density at radius 1 is 1.39 bits per heavy atom.